The minimum Gasteiger partial charge on any atom is -0.353 e. The molecule has 0 spiro atoms. The number of benzene rings is 1. The van der Waals surface area contributed by atoms with Crippen LogP contribution in [0, 0.1) is 0 Å². The molecule has 20 heavy (non-hydrogen) atoms. The van der Waals surface area contributed by atoms with E-state index in [1.54, 1.807) is 12.1 Å². The molecule has 0 unspecified atom stereocenters. The van der Waals surface area contributed by atoms with Gasteiger partial charge in [-0.3, -0.25) is 0 Å². The Hall–Kier alpha value is -0.950. The Balaban J connectivity index is 2.45. The molecule has 0 aliphatic heterocycles. The molecule has 0 radical (unpaired) electrons. The van der Waals surface area contributed by atoms with Crippen molar-refractivity contribution in [3.63, 3.8) is 0 Å². The maximum atomic E-state index is 11.1. The van der Waals surface area contributed by atoms with Crippen molar-refractivity contribution in [3.05, 3.63) is 29.8 Å². The summed E-state index contributed by atoms with van der Waals surface area (Å²) in [7, 11) is -3.61. The Labute approximate surface area is 121 Å². The van der Waals surface area contributed by atoms with Gasteiger partial charge in [0.25, 0.3) is 0 Å². The first kappa shape index (κ1) is 17.1. The van der Waals surface area contributed by atoms with Crippen LogP contribution in [0.4, 0.5) is 0 Å². The summed E-state index contributed by atoms with van der Waals surface area (Å²) in [6.07, 6.45) is 2.42. The standard InChI is InChI=1S/C14H23NO4S/c1-3-18-14(19-4-2)7-5-6-12-8-10-13(11-9-12)20(15,16)17/h8-11,14H,3-7H2,1-2H3,(H2,15,16,17). The van der Waals surface area contributed by atoms with Crippen molar-refractivity contribution >= 4 is 10.0 Å². The van der Waals surface area contributed by atoms with Gasteiger partial charge in [-0.05, 0) is 50.8 Å². The van der Waals surface area contributed by atoms with Crippen LogP contribution in [0.1, 0.15) is 32.3 Å². The second-order valence-corrected chi connectivity index (χ2v) is 5.98. The molecule has 0 amide bonds. The average molecular weight is 301 g/mol. The molecule has 5 nitrogen and oxygen atoms in total. The van der Waals surface area contributed by atoms with Gasteiger partial charge >= 0.3 is 0 Å². The second-order valence-electron chi connectivity index (χ2n) is 4.42. The van der Waals surface area contributed by atoms with Gasteiger partial charge in [-0.25, -0.2) is 13.6 Å². The van der Waals surface area contributed by atoms with E-state index in [-0.39, 0.29) is 11.2 Å². The van der Waals surface area contributed by atoms with Gasteiger partial charge in [-0.15, -0.1) is 0 Å². The number of rotatable bonds is 9. The van der Waals surface area contributed by atoms with Crippen molar-refractivity contribution < 1.29 is 17.9 Å². The minimum atomic E-state index is -3.61. The molecule has 0 aliphatic rings. The Bertz CT molecular complexity index is 478. The first-order chi connectivity index (χ1) is 9.47. The molecule has 0 aliphatic carbocycles. The minimum absolute atomic E-state index is 0.141. The van der Waals surface area contributed by atoms with Gasteiger partial charge in [-0.2, -0.15) is 0 Å². The van der Waals surface area contributed by atoms with Gasteiger partial charge in [0.05, 0.1) is 4.90 Å². The highest BCUT2D eigenvalue weighted by atomic mass is 32.2. The summed E-state index contributed by atoms with van der Waals surface area (Å²) >= 11 is 0. The van der Waals surface area contributed by atoms with Crippen LogP contribution in [0.15, 0.2) is 29.2 Å². The van der Waals surface area contributed by atoms with Crippen LogP contribution in [0.5, 0.6) is 0 Å². The fraction of sp³-hybridized carbons (Fsp3) is 0.571. The zero-order valence-corrected chi connectivity index (χ0v) is 12.9. The number of ether oxygens (including phenoxy) is 2. The quantitative estimate of drug-likeness (QED) is 0.708. The molecule has 0 bridgehead atoms. The van der Waals surface area contributed by atoms with E-state index in [0.29, 0.717) is 13.2 Å². The number of primary sulfonamides is 1. The van der Waals surface area contributed by atoms with E-state index in [1.165, 1.54) is 12.1 Å². The van der Waals surface area contributed by atoms with Crippen LogP contribution in [-0.4, -0.2) is 27.9 Å². The highest BCUT2D eigenvalue weighted by Crippen LogP contribution is 2.13. The predicted octanol–water partition coefficient (Wildman–Crippen LogP) is 2.06. The Morgan fingerprint density at radius 1 is 1.10 bits per heavy atom. The summed E-state index contributed by atoms with van der Waals surface area (Å²) in [6.45, 7) is 5.15. The van der Waals surface area contributed by atoms with E-state index in [0.717, 1.165) is 24.8 Å². The molecule has 0 heterocycles. The Kier molecular flexibility index (Phi) is 7.15. The van der Waals surface area contributed by atoms with E-state index >= 15 is 0 Å². The van der Waals surface area contributed by atoms with Crippen LogP contribution in [-0.2, 0) is 25.9 Å². The summed E-state index contributed by atoms with van der Waals surface area (Å²) in [6, 6.07) is 6.65. The maximum Gasteiger partial charge on any atom is 0.238 e. The van der Waals surface area contributed by atoms with Crippen LogP contribution >= 0.6 is 0 Å². The molecule has 0 saturated heterocycles. The first-order valence-corrected chi connectivity index (χ1v) is 8.37. The molecule has 0 atom stereocenters. The molecule has 114 valence electrons. The largest absolute Gasteiger partial charge is 0.353 e. The number of hydrogen-bond acceptors (Lipinski definition) is 4. The molecule has 1 aromatic rings. The highest BCUT2D eigenvalue weighted by Gasteiger charge is 2.09. The number of hydrogen-bond donors (Lipinski definition) is 1. The van der Waals surface area contributed by atoms with E-state index < -0.39 is 10.0 Å². The Morgan fingerprint density at radius 3 is 2.10 bits per heavy atom. The van der Waals surface area contributed by atoms with Gasteiger partial charge in [0, 0.05) is 13.2 Å². The third kappa shape index (κ3) is 6.00. The van der Waals surface area contributed by atoms with Crippen LogP contribution in [0.3, 0.4) is 0 Å². The predicted molar refractivity (Wildman–Crippen MR) is 77.8 cm³/mol. The average Bonchev–Trinajstić information content (AvgIpc) is 2.39. The summed E-state index contributed by atoms with van der Waals surface area (Å²) in [5.41, 5.74) is 1.07. The summed E-state index contributed by atoms with van der Waals surface area (Å²) in [5, 5.41) is 5.05. The molecule has 0 fully saturated rings. The molecule has 6 heteroatoms. The van der Waals surface area contributed by atoms with E-state index in [9.17, 15) is 8.42 Å². The highest BCUT2D eigenvalue weighted by molar-refractivity contribution is 7.89. The van der Waals surface area contributed by atoms with E-state index in [4.69, 9.17) is 14.6 Å². The molecule has 0 aromatic heterocycles. The maximum absolute atomic E-state index is 11.1. The summed E-state index contributed by atoms with van der Waals surface area (Å²) < 4.78 is 33.2. The lowest BCUT2D eigenvalue weighted by Gasteiger charge is -2.16. The monoisotopic (exact) mass is 301 g/mol. The van der Waals surface area contributed by atoms with E-state index in [1.807, 2.05) is 13.8 Å². The normalized spacial score (nSPS) is 12.0. The van der Waals surface area contributed by atoms with Crippen LogP contribution < -0.4 is 5.14 Å². The fourth-order valence-electron chi connectivity index (χ4n) is 1.91. The SMILES string of the molecule is CCOC(CCCc1ccc(S(N)(=O)=O)cc1)OCC. The van der Waals surface area contributed by atoms with Crippen LogP contribution in [0.2, 0.25) is 0 Å². The van der Waals surface area contributed by atoms with Crippen molar-refractivity contribution in [2.45, 2.75) is 44.3 Å². The van der Waals surface area contributed by atoms with Gasteiger partial charge in [-0.1, -0.05) is 12.1 Å². The summed E-state index contributed by atoms with van der Waals surface area (Å²) in [4.78, 5) is 0.141. The zero-order chi connectivity index (χ0) is 15.0. The molecular weight excluding hydrogens is 278 g/mol. The van der Waals surface area contributed by atoms with Gasteiger partial charge in [0.1, 0.15) is 0 Å². The van der Waals surface area contributed by atoms with Gasteiger partial charge in [0.2, 0.25) is 10.0 Å². The Morgan fingerprint density at radius 2 is 1.65 bits per heavy atom. The van der Waals surface area contributed by atoms with Crippen molar-refractivity contribution in [2.24, 2.45) is 5.14 Å². The number of sulfonamides is 1. The molecule has 2 N–H and O–H groups in total. The van der Waals surface area contributed by atoms with Gasteiger partial charge < -0.3 is 9.47 Å². The zero-order valence-electron chi connectivity index (χ0n) is 12.0. The third-order valence-corrected chi connectivity index (χ3v) is 3.79. The third-order valence-electron chi connectivity index (χ3n) is 2.86. The van der Waals surface area contributed by atoms with Crippen molar-refractivity contribution in [2.75, 3.05) is 13.2 Å². The molecule has 0 saturated carbocycles. The lowest BCUT2D eigenvalue weighted by atomic mass is 10.1. The van der Waals surface area contributed by atoms with Crippen molar-refractivity contribution in [1.82, 2.24) is 0 Å². The van der Waals surface area contributed by atoms with Crippen molar-refractivity contribution in [3.8, 4) is 0 Å². The topological polar surface area (TPSA) is 78.6 Å². The number of aryl methyl sites for hydroxylation is 1. The fourth-order valence-corrected chi connectivity index (χ4v) is 2.42. The molecule has 1 aromatic carbocycles. The van der Waals surface area contributed by atoms with Crippen LogP contribution in [0.25, 0.3) is 0 Å². The molecular formula is C14H23NO4S. The van der Waals surface area contributed by atoms with E-state index in [2.05, 4.69) is 0 Å². The lowest BCUT2D eigenvalue weighted by molar-refractivity contribution is -0.139. The molecule has 1 rings (SSSR count). The summed E-state index contributed by atoms with van der Waals surface area (Å²) in [5.74, 6) is 0. The smallest absolute Gasteiger partial charge is 0.238 e. The number of nitrogens with two attached hydrogens (primary N) is 1. The van der Waals surface area contributed by atoms with Gasteiger partial charge in [0.15, 0.2) is 6.29 Å². The lowest BCUT2D eigenvalue weighted by Crippen LogP contribution is -2.17. The first-order valence-electron chi connectivity index (χ1n) is 6.82. The van der Waals surface area contributed by atoms with Crippen molar-refractivity contribution in [1.29, 1.82) is 0 Å². The second kappa shape index (κ2) is 8.36.